The smallest absolute Gasteiger partial charge is 0.239 e. The molecule has 0 saturated heterocycles. The number of hydrogen-bond donors (Lipinski definition) is 2. The molecule has 2 aliphatic rings. The number of Topliss-reactive ketones (excluding diaryl/α,β-unsaturated/α-hetero) is 1. The third kappa shape index (κ3) is 4.01. The number of benzene rings is 1. The van der Waals surface area contributed by atoms with Gasteiger partial charge in [-0.05, 0) is 41.8 Å². The Kier molecular flexibility index (Phi) is 5.69. The lowest BCUT2D eigenvalue weighted by atomic mass is 9.74. The standard InChI is InChI=1S/C24H29N3O2S/c1-4-11-25-21(29)15-27-18-9-6-5-8-16(18)26-17-13-24(2,3)14-19(28)22(17)23(27)20-10-7-12-30-20/h5-10,12,23,26H,4,11,13-15H2,1-3H3,(H,25,29). The fraction of sp³-hybridized carbons (Fsp3) is 0.417. The molecular weight excluding hydrogens is 394 g/mol. The van der Waals surface area contributed by atoms with E-state index in [2.05, 4.69) is 35.4 Å². The number of thiophene rings is 1. The number of fused-ring (bicyclic) bond motifs is 1. The zero-order valence-corrected chi connectivity index (χ0v) is 18.6. The molecule has 0 bridgehead atoms. The number of rotatable bonds is 5. The Balaban J connectivity index is 1.87. The Morgan fingerprint density at radius 1 is 1.23 bits per heavy atom. The van der Waals surface area contributed by atoms with E-state index in [4.69, 9.17) is 0 Å². The summed E-state index contributed by atoms with van der Waals surface area (Å²) in [5.41, 5.74) is 3.58. The number of hydrogen-bond acceptors (Lipinski definition) is 5. The summed E-state index contributed by atoms with van der Waals surface area (Å²) in [6.07, 6.45) is 2.21. The van der Waals surface area contributed by atoms with Crippen molar-refractivity contribution in [2.24, 2.45) is 5.41 Å². The molecule has 6 heteroatoms. The number of ketones is 1. The molecule has 2 N–H and O–H groups in total. The van der Waals surface area contributed by atoms with E-state index in [9.17, 15) is 9.59 Å². The number of allylic oxidation sites excluding steroid dienone is 1. The van der Waals surface area contributed by atoms with Crippen molar-refractivity contribution in [1.29, 1.82) is 0 Å². The second-order valence-corrected chi connectivity index (χ2v) is 9.85. The van der Waals surface area contributed by atoms with Gasteiger partial charge in [-0.25, -0.2) is 0 Å². The first-order valence-corrected chi connectivity index (χ1v) is 11.5. The fourth-order valence-electron chi connectivity index (χ4n) is 4.44. The van der Waals surface area contributed by atoms with Gasteiger partial charge in [-0.3, -0.25) is 9.59 Å². The maximum Gasteiger partial charge on any atom is 0.239 e. The van der Waals surface area contributed by atoms with Gasteiger partial charge in [0, 0.05) is 29.1 Å². The predicted octanol–water partition coefficient (Wildman–Crippen LogP) is 4.89. The van der Waals surface area contributed by atoms with Crippen LogP contribution in [0.1, 0.15) is 51.0 Å². The lowest BCUT2D eigenvalue weighted by Crippen LogP contribution is -2.42. The lowest BCUT2D eigenvalue weighted by Gasteiger charge is -2.37. The van der Waals surface area contributed by atoms with Crippen LogP contribution in [0, 0.1) is 5.41 Å². The van der Waals surface area contributed by atoms with E-state index >= 15 is 0 Å². The van der Waals surface area contributed by atoms with E-state index < -0.39 is 0 Å². The largest absolute Gasteiger partial charge is 0.357 e. The third-order valence-electron chi connectivity index (χ3n) is 5.70. The van der Waals surface area contributed by atoms with Gasteiger partial charge in [0.2, 0.25) is 5.91 Å². The van der Waals surface area contributed by atoms with Gasteiger partial charge in [0.25, 0.3) is 0 Å². The van der Waals surface area contributed by atoms with Crippen LogP contribution in [0.3, 0.4) is 0 Å². The minimum atomic E-state index is -0.271. The van der Waals surface area contributed by atoms with Gasteiger partial charge in [0.05, 0.1) is 24.0 Å². The maximum atomic E-state index is 13.4. The fourth-order valence-corrected chi connectivity index (χ4v) is 5.29. The molecule has 1 aliphatic heterocycles. The lowest BCUT2D eigenvalue weighted by molar-refractivity contribution is -0.120. The van der Waals surface area contributed by atoms with E-state index in [1.165, 1.54) is 0 Å². The Labute approximate surface area is 182 Å². The van der Waals surface area contributed by atoms with Crippen LogP contribution in [0.4, 0.5) is 11.4 Å². The molecule has 4 rings (SSSR count). The zero-order chi connectivity index (χ0) is 21.3. The highest BCUT2D eigenvalue weighted by atomic mass is 32.1. The van der Waals surface area contributed by atoms with Crippen LogP contribution in [-0.2, 0) is 9.59 Å². The molecule has 1 aliphatic carbocycles. The number of anilines is 2. The van der Waals surface area contributed by atoms with Crippen molar-refractivity contribution >= 4 is 34.4 Å². The summed E-state index contributed by atoms with van der Waals surface area (Å²) in [6.45, 7) is 7.18. The first kappa shape index (κ1) is 20.7. The SMILES string of the molecule is CCCNC(=O)CN1c2ccccc2NC2=C(C(=O)CC(C)(C)C2)C1c1cccs1. The minimum Gasteiger partial charge on any atom is -0.357 e. The number of nitrogens with one attached hydrogen (secondary N) is 2. The predicted molar refractivity (Wildman–Crippen MR) is 123 cm³/mol. The Morgan fingerprint density at radius 2 is 2.03 bits per heavy atom. The van der Waals surface area contributed by atoms with Gasteiger partial charge in [0.1, 0.15) is 0 Å². The summed E-state index contributed by atoms with van der Waals surface area (Å²) in [4.78, 5) is 29.4. The van der Waals surface area contributed by atoms with Crippen molar-refractivity contribution in [2.75, 3.05) is 23.3 Å². The molecule has 1 atom stereocenters. The monoisotopic (exact) mass is 423 g/mol. The average Bonchev–Trinajstić information content (AvgIpc) is 3.17. The average molecular weight is 424 g/mol. The topological polar surface area (TPSA) is 61.4 Å². The number of para-hydroxylation sites is 2. The van der Waals surface area contributed by atoms with Crippen LogP contribution in [0.15, 0.2) is 53.0 Å². The number of carbonyl (C=O) groups is 2. The summed E-state index contributed by atoms with van der Waals surface area (Å²) in [7, 11) is 0. The molecule has 1 aromatic carbocycles. The summed E-state index contributed by atoms with van der Waals surface area (Å²) >= 11 is 1.63. The third-order valence-corrected chi connectivity index (χ3v) is 6.63. The van der Waals surface area contributed by atoms with Crippen LogP contribution in [0.25, 0.3) is 0 Å². The Bertz CT molecular complexity index is 978. The van der Waals surface area contributed by atoms with Crippen molar-refractivity contribution in [2.45, 2.75) is 46.1 Å². The van der Waals surface area contributed by atoms with Crippen LogP contribution < -0.4 is 15.5 Å². The molecule has 0 spiro atoms. The second kappa shape index (κ2) is 8.26. The van der Waals surface area contributed by atoms with Gasteiger partial charge in [0.15, 0.2) is 5.78 Å². The van der Waals surface area contributed by atoms with Crippen LogP contribution in [-0.4, -0.2) is 24.8 Å². The molecule has 2 aromatic rings. The molecule has 2 heterocycles. The minimum absolute atomic E-state index is 0.0270. The van der Waals surface area contributed by atoms with Crippen molar-refractivity contribution in [3.05, 3.63) is 57.9 Å². The van der Waals surface area contributed by atoms with Gasteiger partial charge in [-0.1, -0.05) is 39.0 Å². The number of amides is 1. The summed E-state index contributed by atoms with van der Waals surface area (Å²) in [5.74, 6) is 0.139. The van der Waals surface area contributed by atoms with E-state index in [0.717, 1.165) is 40.4 Å². The van der Waals surface area contributed by atoms with Gasteiger partial charge in [-0.2, -0.15) is 0 Å². The highest BCUT2D eigenvalue weighted by molar-refractivity contribution is 7.10. The molecule has 1 aromatic heterocycles. The summed E-state index contributed by atoms with van der Waals surface area (Å²) in [5, 5.41) is 8.60. The first-order valence-electron chi connectivity index (χ1n) is 10.6. The molecule has 1 unspecified atom stereocenters. The van der Waals surface area contributed by atoms with Crippen molar-refractivity contribution in [1.82, 2.24) is 5.32 Å². The summed E-state index contributed by atoms with van der Waals surface area (Å²) in [6, 6.07) is 11.8. The van der Waals surface area contributed by atoms with Crippen molar-refractivity contribution in [3.8, 4) is 0 Å². The Hall–Kier alpha value is -2.60. The van der Waals surface area contributed by atoms with E-state index in [1.807, 2.05) is 42.6 Å². The highest BCUT2D eigenvalue weighted by Crippen LogP contribution is 2.48. The van der Waals surface area contributed by atoms with Crippen LogP contribution in [0.2, 0.25) is 0 Å². The molecule has 30 heavy (non-hydrogen) atoms. The van der Waals surface area contributed by atoms with Gasteiger partial charge >= 0.3 is 0 Å². The number of carbonyl (C=O) groups excluding carboxylic acids is 2. The normalized spacial score (nSPS) is 20.2. The van der Waals surface area contributed by atoms with Crippen LogP contribution >= 0.6 is 11.3 Å². The summed E-state index contributed by atoms with van der Waals surface area (Å²) < 4.78 is 0. The van der Waals surface area contributed by atoms with Gasteiger partial charge < -0.3 is 15.5 Å². The molecule has 158 valence electrons. The quantitative estimate of drug-likeness (QED) is 0.719. The van der Waals surface area contributed by atoms with Gasteiger partial charge in [-0.15, -0.1) is 11.3 Å². The van der Waals surface area contributed by atoms with Crippen molar-refractivity contribution < 1.29 is 9.59 Å². The first-order chi connectivity index (χ1) is 14.4. The molecule has 0 saturated carbocycles. The Morgan fingerprint density at radius 3 is 2.77 bits per heavy atom. The molecule has 0 fully saturated rings. The van der Waals surface area contributed by atoms with E-state index in [0.29, 0.717) is 13.0 Å². The molecule has 1 amide bonds. The van der Waals surface area contributed by atoms with Crippen molar-refractivity contribution in [3.63, 3.8) is 0 Å². The highest BCUT2D eigenvalue weighted by Gasteiger charge is 2.42. The van der Waals surface area contributed by atoms with E-state index in [1.54, 1.807) is 11.3 Å². The number of nitrogens with zero attached hydrogens (tertiary/aromatic N) is 1. The second-order valence-electron chi connectivity index (χ2n) is 8.87. The van der Waals surface area contributed by atoms with Crippen LogP contribution in [0.5, 0.6) is 0 Å². The van der Waals surface area contributed by atoms with E-state index in [-0.39, 0.29) is 29.7 Å². The molecule has 0 radical (unpaired) electrons. The molecular formula is C24H29N3O2S. The molecule has 5 nitrogen and oxygen atoms in total. The zero-order valence-electron chi connectivity index (χ0n) is 17.8. The maximum absolute atomic E-state index is 13.4.